The van der Waals surface area contributed by atoms with Gasteiger partial charge >= 0.3 is 56.5 Å². The largest absolute Gasteiger partial charge is 0.289 e. The quantitative estimate of drug-likeness (QED) is 0.229. The van der Waals surface area contributed by atoms with Gasteiger partial charge in [-0.3, -0.25) is 0 Å². The molecule has 0 atom stereocenters. The Balaban J connectivity index is -0.0000000242. The minimum absolute atomic E-state index is 0. The molecule has 0 radical (unpaired) electrons. The summed E-state index contributed by atoms with van der Waals surface area (Å²) in [6.45, 7) is 22.5. The number of thioether (sulfide) groups is 2. The normalized spacial score (nSPS) is 8.47. The van der Waals surface area contributed by atoms with Crippen molar-refractivity contribution in [1.82, 2.24) is 0 Å². The van der Waals surface area contributed by atoms with Gasteiger partial charge in [-0.15, -0.1) is 0 Å². The van der Waals surface area contributed by atoms with Gasteiger partial charge in [-0.1, -0.05) is 23.5 Å². The van der Waals surface area contributed by atoms with Gasteiger partial charge in [0.1, 0.15) is 0 Å². The maximum absolute atomic E-state index is 7.50. The van der Waals surface area contributed by atoms with Crippen molar-refractivity contribution in [3.05, 3.63) is 33.3 Å². The third kappa shape index (κ3) is 63.1. The van der Waals surface area contributed by atoms with Crippen LogP contribution < -0.4 is 0 Å². The van der Waals surface area contributed by atoms with Gasteiger partial charge in [0.2, 0.25) is 0 Å². The zero-order chi connectivity index (χ0) is 14.4. The first-order chi connectivity index (χ1) is 7.89. The van der Waals surface area contributed by atoms with Gasteiger partial charge in [0, 0.05) is 32.6 Å². The van der Waals surface area contributed by atoms with Crippen molar-refractivity contribution in [2.45, 2.75) is 0 Å². The molecule has 1 fully saturated rings. The molecule has 0 spiro atoms. The number of hydrogen-bond acceptors (Lipinski definition) is 2. The molecule has 1 aliphatic heterocycles. The summed E-state index contributed by atoms with van der Waals surface area (Å²) in [7, 11) is 0. The molecular formula is C8H5O5S3W+. The summed E-state index contributed by atoms with van der Waals surface area (Å²) in [4.78, 5) is 0. The van der Waals surface area contributed by atoms with Crippen molar-refractivity contribution in [2.24, 2.45) is 0 Å². The van der Waals surface area contributed by atoms with E-state index in [0.717, 1.165) is 0 Å². The number of hydrogen-bond donors (Lipinski definition) is 0. The molecule has 17 heavy (non-hydrogen) atoms. The summed E-state index contributed by atoms with van der Waals surface area (Å²) in [5.74, 6) is 2.51. The van der Waals surface area contributed by atoms with E-state index >= 15 is 0 Å². The summed E-state index contributed by atoms with van der Waals surface area (Å²) in [5.41, 5.74) is 0. The Morgan fingerprint density at radius 2 is 0.882 bits per heavy atom. The molecule has 1 aliphatic rings. The fourth-order valence-electron chi connectivity index (χ4n) is 0.300. The first-order valence-corrected chi connectivity index (χ1v) is 5.15. The average molecular weight is 461 g/mol. The first-order valence-electron chi connectivity index (χ1n) is 2.73. The van der Waals surface area contributed by atoms with Crippen molar-refractivity contribution in [1.29, 1.82) is 0 Å². The van der Waals surface area contributed by atoms with Crippen molar-refractivity contribution in [3.8, 4) is 0 Å². The standard InChI is InChI=1S/C3H4S3.5CO.W/c4-3-5-1-2-6-3;5*1-2;/h1-2H2;;;;;;/p+1. The Kier molecular flexibility index (Phi) is 153. The van der Waals surface area contributed by atoms with E-state index in [1.54, 1.807) is 0 Å². The predicted octanol–water partition coefficient (Wildman–Crippen LogP) is 0.643. The minimum atomic E-state index is 0. The van der Waals surface area contributed by atoms with Crippen LogP contribution in [-0.4, -0.2) is 15.0 Å². The van der Waals surface area contributed by atoms with Crippen LogP contribution in [0, 0.1) is 33.3 Å². The Labute approximate surface area is 128 Å². The Hall–Kier alpha value is 0.178. The second-order valence-corrected chi connectivity index (χ2v) is 4.48. The van der Waals surface area contributed by atoms with Gasteiger partial charge in [-0.25, -0.2) is 0 Å². The number of rotatable bonds is 0. The molecule has 1 saturated heterocycles. The van der Waals surface area contributed by atoms with Gasteiger partial charge in [-0.2, -0.15) is 0 Å². The molecule has 1 heterocycles. The third-order valence-corrected chi connectivity index (χ3v) is 3.58. The summed E-state index contributed by atoms with van der Waals surface area (Å²) < 4.78 is 38.7. The van der Waals surface area contributed by atoms with Crippen LogP contribution in [-0.2, 0) is 56.5 Å². The fourth-order valence-corrected chi connectivity index (χ4v) is 2.70. The van der Waals surface area contributed by atoms with Crippen molar-refractivity contribution >= 4 is 39.3 Å². The van der Waals surface area contributed by atoms with Gasteiger partial charge in [0.15, 0.2) is 12.2 Å². The summed E-state index contributed by atoms with van der Waals surface area (Å²) in [6.07, 6.45) is 0. The SMILES string of the molecule is [C-]#[O+].[C-]#[O+].[C-]#[O+].[C-]#[O+].[C-]#[O+].[SH+]=C1SCCS1.[W]. The Bertz CT molecular complexity index is 191. The van der Waals surface area contributed by atoms with Crippen LogP contribution in [0.15, 0.2) is 0 Å². The molecule has 1 rings (SSSR count). The molecule has 0 aromatic heterocycles. The van der Waals surface area contributed by atoms with Crippen molar-refractivity contribution < 1.29 is 44.3 Å². The predicted molar refractivity (Wildman–Crippen MR) is 58.3 cm³/mol. The van der Waals surface area contributed by atoms with E-state index in [0.29, 0.717) is 0 Å². The molecule has 0 amide bonds. The zero-order valence-corrected chi connectivity index (χ0v) is 13.6. The van der Waals surface area contributed by atoms with E-state index in [4.69, 9.17) is 23.3 Å². The molecule has 0 aliphatic carbocycles. The van der Waals surface area contributed by atoms with Crippen LogP contribution in [0.5, 0.6) is 0 Å². The molecule has 0 unspecified atom stereocenters. The average Bonchev–Trinajstić information content (AvgIpc) is 2.92. The van der Waals surface area contributed by atoms with E-state index in [2.05, 4.69) is 45.5 Å². The second kappa shape index (κ2) is 72.3. The molecule has 0 saturated carbocycles. The van der Waals surface area contributed by atoms with Gasteiger partial charge < -0.3 is 0 Å². The number of thiol groups is 1. The summed E-state index contributed by atoms with van der Waals surface area (Å²) >= 11 is 7.82. The molecule has 90 valence electrons. The van der Waals surface area contributed by atoms with E-state index in [-0.39, 0.29) is 21.1 Å². The maximum atomic E-state index is 7.50. The van der Waals surface area contributed by atoms with Gasteiger partial charge in [0.05, 0.1) is 0 Å². The zero-order valence-electron chi connectivity index (χ0n) is 8.13. The molecule has 0 aromatic rings. The van der Waals surface area contributed by atoms with Gasteiger partial charge in [0.25, 0.3) is 3.53 Å². The van der Waals surface area contributed by atoms with Gasteiger partial charge in [-0.05, 0) is 0 Å². The molecule has 0 bridgehead atoms. The van der Waals surface area contributed by atoms with Crippen LogP contribution in [0.2, 0.25) is 0 Å². The fraction of sp³-hybridized carbons (Fsp3) is 0.250. The van der Waals surface area contributed by atoms with Crippen LogP contribution in [0.3, 0.4) is 0 Å². The van der Waals surface area contributed by atoms with Crippen LogP contribution in [0.4, 0.5) is 0 Å². The van der Waals surface area contributed by atoms with Crippen LogP contribution in [0.1, 0.15) is 0 Å². The summed E-state index contributed by atoms with van der Waals surface area (Å²) in [5, 5.41) is 0. The minimum Gasteiger partial charge on any atom is -0.0571 e. The Morgan fingerprint density at radius 1 is 0.706 bits per heavy atom. The van der Waals surface area contributed by atoms with E-state index in [9.17, 15) is 0 Å². The van der Waals surface area contributed by atoms with Crippen LogP contribution in [0.25, 0.3) is 0 Å². The second-order valence-electron chi connectivity index (χ2n) is 0.963. The molecule has 5 nitrogen and oxygen atoms in total. The van der Waals surface area contributed by atoms with E-state index < -0.39 is 0 Å². The van der Waals surface area contributed by atoms with Crippen molar-refractivity contribution in [3.63, 3.8) is 0 Å². The third-order valence-electron chi connectivity index (χ3n) is 0.534. The van der Waals surface area contributed by atoms with E-state index in [1.807, 2.05) is 23.5 Å². The topological polar surface area (TPSA) is 99.5 Å². The first kappa shape index (κ1) is 36.0. The van der Waals surface area contributed by atoms with E-state index in [1.165, 1.54) is 15.0 Å². The Morgan fingerprint density at radius 3 is 0.941 bits per heavy atom. The monoisotopic (exact) mass is 461 g/mol. The smallest absolute Gasteiger partial charge is 0.0571 e. The van der Waals surface area contributed by atoms with Crippen molar-refractivity contribution in [2.75, 3.05) is 11.5 Å². The molecular weight excluding hydrogens is 456 g/mol. The van der Waals surface area contributed by atoms with Crippen LogP contribution >= 0.6 is 23.5 Å². The molecule has 0 aromatic carbocycles. The molecule has 9 heteroatoms. The maximum Gasteiger partial charge on any atom is 0.289 e. The summed E-state index contributed by atoms with van der Waals surface area (Å²) in [6, 6.07) is 0. The molecule has 0 N–H and O–H groups in total.